The molecule has 0 unspecified atom stereocenters. The number of carbonyl (C=O) groups is 2. The van der Waals surface area contributed by atoms with Crippen LogP contribution in [0, 0.1) is 0 Å². The summed E-state index contributed by atoms with van der Waals surface area (Å²) in [4.78, 5) is 25.6. The average molecular weight is 489 g/mol. The van der Waals surface area contributed by atoms with Gasteiger partial charge in [0.05, 0.1) is 16.3 Å². The Morgan fingerprint density at radius 3 is 2.31 bits per heavy atom. The van der Waals surface area contributed by atoms with Gasteiger partial charge >= 0.3 is 0 Å². The van der Waals surface area contributed by atoms with Crippen LogP contribution in [0.5, 0.6) is 11.5 Å². The van der Waals surface area contributed by atoms with Gasteiger partial charge in [0.25, 0.3) is 5.91 Å². The van der Waals surface area contributed by atoms with Crippen LogP contribution in [-0.4, -0.2) is 30.8 Å². The predicted molar refractivity (Wildman–Crippen MR) is 128 cm³/mol. The number of carbonyl (C=O) groups excluding carboxylic acids is 2. The van der Waals surface area contributed by atoms with Gasteiger partial charge in [-0.15, -0.1) is 11.8 Å². The van der Waals surface area contributed by atoms with E-state index in [1.807, 2.05) is 12.1 Å². The van der Waals surface area contributed by atoms with E-state index in [2.05, 4.69) is 10.6 Å². The highest BCUT2D eigenvalue weighted by Crippen LogP contribution is 2.32. The molecule has 2 N–H and O–H groups in total. The first-order valence-corrected chi connectivity index (χ1v) is 11.4. The fourth-order valence-corrected chi connectivity index (χ4v) is 4.17. The molecule has 1 heterocycles. The maximum absolute atomic E-state index is 12.4. The Balaban J connectivity index is 1.29. The maximum Gasteiger partial charge on any atom is 0.257 e. The Morgan fingerprint density at radius 2 is 1.56 bits per heavy atom. The fourth-order valence-electron chi connectivity index (χ4n) is 2.97. The van der Waals surface area contributed by atoms with Gasteiger partial charge in [-0.25, -0.2) is 0 Å². The number of anilines is 2. The number of hydrogen-bond donors (Lipinski definition) is 2. The highest BCUT2D eigenvalue weighted by Gasteiger charge is 2.13. The summed E-state index contributed by atoms with van der Waals surface area (Å²) in [5.74, 6) is 1.07. The number of thioether (sulfide) groups is 1. The summed E-state index contributed by atoms with van der Waals surface area (Å²) in [5.41, 5.74) is 1.61. The quantitative estimate of drug-likeness (QED) is 0.432. The molecular formula is C23H18Cl2N2O4S. The molecule has 0 radical (unpaired) electrons. The SMILES string of the molecule is O=C(CSc1ccc(NC(=O)c2ccc(Cl)cc2Cl)cc1)Nc1ccc2c(c1)OCCO2. The van der Waals surface area contributed by atoms with Gasteiger partial charge in [-0.05, 0) is 54.6 Å². The molecule has 0 aliphatic carbocycles. The number of hydrogen-bond acceptors (Lipinski definition) is 5. The molecule has 3 aromatic carbocycles. The molecule has 9 heteroatoms. The van der Waals surface area contributed by atoms with E-state index in [1.54, 1.807) is 42.5 Å². The van der Waals surface area contributed by atoms with E-state index in [0.29, 0.717) is 46.7 Å². The van der Waals surface area contributed by atoms with E-state index < -0.39 is 0 Å². The molecule has 0 saturated heterocycles. The molecular weight excluding hydrogens is 471 g/mol. The largest absolute Gasteiger partial charge is 0.486 e. The van der Waals surface area contributed by atoms with E-state index >= 15 is 0 Å². The molecule has 0 bridgehead atoms. The molecule has 6 nitrogen and oxygen atoms in total. The number of amides is 2. The molecule has 0 aromatic heterocycles. The summed E-state index contributed by atoms with van der Waals surface area (Å²) >= 11 is 13.3. The summed E-state index contributed by atoms with van der Waals surface area (Å²) < 4.78 is 11.0. The second kappa shape index (κ2) is 10.2. The average Bonchev–Trinajstić information content (AvgIpc) is 2.78. The van der Waals surface area contributed by atoms with Gasteiger partial charge in [-0.1, -0.05) is 23.2 Å². The van der Waals surface area contributed by atoms with Crippen LogP contribution in [0.1, 0.15) is 10.4 Å². The second-order valence-electron chi connectivity index (χ2n) is 6.80. The Bertz CT molecular complexity index is 1160. The van der Waals surface area contributed by atoms with E-state index in [0.717, 1.165) is 4.90 Å². The van der Waals surface area contributed by atoms with Crippen molar-refractivity contribution in [1.29, 1.82) is 0 Å². The smallest absolute Gasteiger partial charge is 0.257 e. The number of nitrogens with one attached hydrogen (secondary N) is 2. The summed E-state index contributed by atoms with van der Waals surface area (Å²) in [5, 5.41) is 6.39. The van der Waals surface area contributed by atoms with Crippen molar-refractivity contribution in [3.8, 4) is 11.5 Å². The Kier molecular flexibility index (Phi) is 7.09. The van der Waals surface area contributed by atoms with Crippen LogP contribution in [0.15, 0.2) is 65.6 Å². The lowest BCUT2D eigenvalue weighted by Crippen LogP contribution is -2.17. The molecule has 1 aliphatic rings. The summed E-state index contributed by atoms with van der Waals surface area (Å²) in [6.07, 6.45) is 0. The molecule has 0 saturated carbocycles. The highest BCUT2D eigenvalue weighted by molar-refractivity contribution is 8.00. The Labute approximate surface area is 199 Å². The van der Waals surface area contributed by atoms with Gasteiger partial charge in [0.15, 0.2) is 11.5 Å². The standard InChI is InChI=1S/C23H18Cl2N2O4S/c24-14-1-7-18(19(25)11-14)23(29)27-15-2-5-17(6-3-15)32-13-22(28)26-16-4-8-20-21(12-16)31-10-9-30-20/h1-8,11-12H,9-10,13H2,(H,26,28)(H,27,29). The molecule has 2 amide bonds. The zero-order valence-corrected chi connectivity index (χ0v) is 19.0. The second-order valence-corrected chi connectivity index (χ2v) is 8.69. The van der Waals surface area contributed by atoms with Crippen LogP contribution in [-0.2, 0) is 4.79 Å². The van der Waals surface area contributed by atoms with Gasteiger partial charge in [0, 0.05) is 27.4 Å². The van der Waals surface area contributed by atoms with Crippen molar-refractivity contribution in [3.05, 3.63) is 76.3 Å². The lowest BCUT2D eigenvalue weighted by Gasteiger charge is -2.19. The van der Waals surface area contributed by atoms with Crippen molar-refractivity contribution < 1.29 is 19.1 Å². The Morgan fingerprint density at radius 1 is 0.844 bits per heavy atom. The third-order valence-electron chi connectivity index (χ3n) is 4.48. The van der Waals surface area contributed by atoms with Crippen molar-refractivity contribution in [2.75, 3.05) is 29.6 Å². The highest BCUT2D eigenvalue weighted by atomic mass is 35.5. The molecule has 0 atom stereocenters. The van der Waals surface area contributed by atoms with Crippen molar-refractivity contribution >= 4 is 58.2 Å². The van der Waals surface area contributed by atoms with Crippen LogP contribution in [0.25, 0.3) is 0 Å². The first-order valence-electron chi connectivity index (χ1n) is 9.67. The minimum absolute atomic E-state index is 0.138. The first kappa shape index (κ1) is 22.3. The minimum Gasteiger partial charge on any atom is -0.486 e. The summed E-state index contributed by atoms with van der Waals surface area (Å²) in [6.45, 7) is 1.01. The van der Waals surface area contributed by atoms with Crippen LogP contribution < -0.4 is 20.1 Å². The molecule has 164 valence electrons. The first-order chi connectivity index (χ1) is 15.5. The van der Waals surface area contributed by atoms with Crippen molar-refractivity contribution in [3.63, 3.8) is 0 Å². The lowest BCUT2D eigenvalue weighted by molar-refractivity contribution is -0.113. The minimum atomic E-state index is -0.328. The Hall–Kier alpha value is -2.87. The third kappa shape index (κ3) is 5.68. The van der Waals surface area contributed by atoms with Gasteiger partial charge in [0.1, 0.15) is 13.2 Å². The van der Waals surface area contributed by atoms with E-state index in [1.165, 1.54) is 17.8 Å². The zero-order chi connectivity index (χ0) is 22.5. The van der Waals surface area contributed by atoms with Crippen LogP contribution in [0.4, 0.5) is 11.4 Å². The van der Waals surface area contributed by atoms with Gasteiger partial charge in [-0.3, -0.25) is 9.59 Å². The number of halogens is 2. The number of fused-ring (bicyclic) bond motifs is 1. The number of benzene rings is 3. The van der Waals surface area contributed by atoms with Crippen LogP contribution >= 0.6 is 35.0 Å². The van der Waals surface area contributed by atoms with Gasteiger partial charge in [-0.2, -0.15) is 0 Å². The molecule has 1 aliphatic heterocycles. The van der Waals surface area contributed by atoms with E-state index in [4.69, 9.17) is 32.7 Å². The van der Waals surface area contributed by atoms with Crippen molar-refractivity contribution in [1.82, 2.24) is 0 Å². The number of ether oxygens (including phenoxy) is 2. The molecule has 3 aromatic rings. The van der Waals surface area contributed by atoms with Crippen LogP contribution in [0.3, 0.4) is 0 Å². The summed E-state index contributed by atoms with van der Waals surface area (Å²) in [6, 6.07) is 17.2. The number of rotatable bonds is 6. The monoisotopic (exact) mass is 488 g/mol. The van der Waals surface area contributed by atoms with E-state index in [-0.39, 0.29) is 22.6 Å². The molecule has 32 heavy (non-hydrogen) atoms. The van der Waals surface area contributed by atoms with Crippen molar-refractivity contribution in [2.24, 2.45) is 0 Å². The van der Waals surface area contributed by atoms with Crippen molar-refractivity contribution in [2.45, 2.75) is 4.90 Å². The summed E-state index contributed by atoms with van der Waals surface area (Å²) in [7, 11) is 0. The predicted octanol–water partition coefficient (Wildman–Crippen LogP) is 5.75. The fraction of sp³-hybridized carbons (Fsp3) is 0.130. The third-order valence-corrected chi connectivity index (χ3v) is 6.04. The maximum atomic E-state index is 12.4. The molecule has 4 rings (SSSR count). The van der Waals surface area contributed by atoms with Crippen LogP contribution in [0.2, 0.25) is 10.0 Å². The topological polar surface area (TPSA) is 76.7 Å². The normalized spacial score (nSPS) is 12.2. The molecule has 0 spiro atoms. The van der Waals surface area contributed by atoms with E-state index in [9.17, 15) is 9.59 Å². The zero-order valence-electron chi connectivity index (χ0n) is 16.7. The molecule has 0 fully saturated rings. The van der Waals surface area contributed by atoms with Gasteiger partial charge < -0.3 is 20.1 Å². The lowest BCUT2D eigenvalue weighted by atomic mass is 10.2. The van der Waals surface area contributed by atoms with Gasteiger partial charge in [0.2, 0.25) is 5.91 Å².